The third-order valence-corrected chi connectivity index (χ3v) is 2.68. The summed E-state index contributed by atoms with van der Waals surface area (Å²) in [6.45, 7) is 0. The Balaban J connectivity index is 2.62. The van der Waals surface area contributed by atoms with Crippen LogP contribution in [-0.2, 0) is 0 Å². The summed E-state index contributed by atoms with van der Waals surface area (Å²) in [7, 11) is 0. The first-order valence-electron chi connectivity index (χ1n) is 5.76. The van der Waals surface area contributed by atoms with Crippen LogP contribution in [-0.4, -0.2) is 17.4 Å². The van der Waals surface area contributed by atoms with Gasteiger partial charge in [-0.25, -0.2) is 4.79 Å². The van der Waals surface area contributed by atoms with E-state index in [0.29, 0.717) is 0 Å². The highest BCUT2D eigenvalue weighted by Gasteiger charge is 2.32. The van der Waals surface area contributed by atoms with Gasteiger partial charge in [0.15, 0.2) is 0 Å². The van der Waals surface area contributed by atoms with Crippen molar-refractivity contribution in [3.05, 3.63) is 48.0 Å². The number of nitrogens with two attached hydrogens (primary N) is 1. The van der Waals surface area contributed by atoms with Gasteiger partial charge >= 0.3 is 12.3 Å². The molecule has 0 spiro atoms. The highest BCUT2D eigenvalue weighted by Crippen LogP contribution is 2.36. The van der Waals surface area contributed by atoms with Gasteiger partial charge in [0.25, 0.3) is 0 Å². The van der Waals surface area contributed by atoms with E-state index >= 15 is 0 Å². The van der Waals surface area contributed by atoms with Crippen LogP contribution in [0.2, 0.25) is 0 Å². The summed E-state index contributed by atoms with van der Waals surface area (Å²) >= 11 is 0. The lowest BCUT2D eigenvalue weighted by atomic mass is 9.98. The number of para-hydroxylation sites is 1. The molecule has 0 aromatic heterocycles. The summed E-state index contributed by atoms with van der Waals surface area (Å²) in [6, 6.07) is 9.17. The zero-order valence-electron chi connectivity index (χ0n) is 10.5. The van der Waals surface area contributed by atoms with Crippen molar-refractivity contribution in [3.63, 3.8) is 0 Å². The molecule has 0 fully saturated rings. The fraction of sp³-hybridized carbons (Fsp3) is 0.0714. The maximum atomic E-state index is 12.4. The fourth-order valence-electron chi connectivity index (χ4n) is 1.87. The average Bonchev–Trinajstić information content (AvgIpc) is 2.37. The van der Waals surface area contributed by atoms with E-state index < -0.39 is 18.1 Å². The number of hydrogen-bond donors (Lipinski definition) is 2. The lowest BCUT2D eigenvalue weighted by Gasteiger charge is -2.15. The zero-order chi connectivity index (χ0) is 15.6. The molecular weight excluding hydrogens is 287 g/mol. The van der Waals surface area contributed by atoms with E-state index in [-0.39, 0.29) is 22.4 Å². The largest absolute Gasteiger partial charge is 0.573 e. The Labute approximate surface area is 117 Å². The quantitative estimate of drug-likeness (QED) is 0.850. The summed E-state index contributed by atoms with van der Waals surface area (Å²) in [5.41, 5.74) is 5.71. The van der Waals surface area contributed by atoms with Crippen LogP contribution in [0.1, 0.15) is 10.4 Å². The molecule has 4 nitrogen and oxygen atoms in total. The van der Waals surface area contributed by atoms with Crippen LogP contribution in [0.3, 0.4) is 0 Å². The molecule has 0 saturated carbocycles. The van der Waals surface area contributed by atoms with Crippen molar-refractivity contribution in [1.29, 1.82) is 0 Å². The van der Waals surface area contributed by atoms with Gasteiger partial charge in [-0.05, 0) is 24.3 Å². The van der Waals surface area contributed by atoms with Crippen LogP contribution in [0.4, 0.5) is 18.9 Å². The summed E-state index contributed by atoms with van der Waals surface area (Å²) in [6.07, 6.45) is -4.88. The van der Waals surface area contributed by atoms with Crippen LogP contribution < -0.4 is 10.5 Å². The van der Waals surface area contributed by atoms with E-state index in [9.17, 15) is 18.0 Å². The van der Waals surface area contributed by atoms with Crippen molar-refractivity contribution in [2.45, 2.75) is 6.36 Å². The number of carboxylic acids is 1. The van der Waals surface area contributed by atoms with E-state index in [1.165, 1.54) is 36.4 Å². The second-order valence-corrected chi connectivity index (χ2v) is 4.15. The molecule has 0 heterocycles. The number of alkyl halides is 3. The number of nitrogen functional groups attached to an aromatic ring is 1. The second-order valence-electron chi connectivity index (χ2n) is 4.15. The average molecular weight is 297 g/mol. The predicted octanol–water partition coefficient (Wildman–Crippen LogP) is 3.53. The highest BCUT2D eigenvalue weighted by atomic mass is 19.4. The molecule has 21 heavy (non-hydrogen) atoms. The van der Waals surface area contributed by atoms with E-state index in [1.54, 1.807) is 0 Å². The van der Waals surface area contributed by atoms with Crippen molar-refractivity contribution in [2.75, 3.05) is 5.73 Å². The molecule has 7 heteroatoms. The summed E-state index contributed by atoms with van der Waals surface area (Å²) < 4.78 is 41.2. The normalized spacial score (nSPS) is 11.2. The number of halogens is 3. The molecule has 2 aromatic carbocycles. The molecule has 0 atom stereocenters. The Kier molecular flexibility index (Phi) is 3.75. The molecular formula is C14H10F3NO3. The van der Waals surface area contributed by atoms with Gasteiger partial charge in [-0.15, -0.1) is 13.2 Å². The minimum absolute atomic E-state index is 0.000440. The highest BCUT2D eigenvalue weighted by molar-refractivity contribution is 5.97. The van der Waals surface area contributed by atoms with Crippen molar-refractivity contribution in [1.82, 2.24) is 0 Å². The molecule has 0 aliphatic carbocycles. The molecule has 0 bridgehead atoms. The van der Waals surface area contributed by atoms with Crippen molar-refractivity contribution >= 4 is 11.7 Å². The molecule has 2 aromatic rings. The monoisotopic (exact) mass is 297 g/mol. The predicted molar refractivity (Wildman–Crippen MR) is 69.9 cm³/mol. The van der Waals surface area contributed by atoms with Gasteiger partial charge in [0.05, 0.1) is 5.56 Å². The minimum atomic E-state index is -4.88. The number of rotatable bonds is 3. The molecule has 0 amide bonds. The standard InChI is InChI=1S/C14H10F3NO3/c15-14(16,17)21-12-4-2-1-3-9(12)11-7-8(18)5-6-10(11)13(19)20/h1-7H,18H2,(H,19,20). The lowest BCUT2D eigenvalue weighted by molar-refractivity contribution is -0.274. The first kappa shape index (κ1) is 14.7. The van der Waals surface area contributed by atoms with Crippen molar-refractivity contribution in [3.8, 4) is 16.9 Å². The van der Waals surface area contributed by atoms with Crippen LogP contribution in [0, 0.1) is 0 Å². The van der Waals surface area contributed by atoms with Gasteiger partial charge < -0.3 is 15.6 Å². The second kappa shape index (κ2) is 5.35. The van der Waals surface area contributed by atoms with E-state index in [4.69, 9.17) is 10.8 Å². The number of carbonyl (C=O) groups is 1. The van der Waals surface area contributed by atoms with Gasteiger partial charge in [0.2, 0.25) is 0 Å². The summed E-state index contributed by atoms with van der Waals surface area (Å²) in [5.74, 6) is -1.76. The summed E-state index contributed by atoms with van der Waals surface area (Å²) in [5, 5.41) is 9.14. The molecule has 0 radical (unpaired) electrons. The van der Waals surface area contributed by atoms with Crippen LogP contribution in [0.15, 0.2) is 42.5 Å². The zero-order valence-corrected chi connectivity index (χ0v) is 10.5. The van der Waals surface area contributed by atoms with Crippen molar-refractivity contribution < 1.29 is 27.8 Å². The van der Waals surface area contributed by atoms with E-state index in [1.807, 2.05) is 0 Å². The SMILES string of the molecule is Nc1ccc(C(=O)O)c(-c2ccccc2OC(F)(F)F)c1. The Morgan fingerprint density at radius 1 is 1.10 bits per heavy atom. The number of anilines is 1. The van der Waals surface area contributed by atoms with Gasteiger partial charge in [-0.1, -0.05) is 18.2 Å². The molecule has 110 valence electrons. The van der Waals surface area contributed by atoms with Gasteiger partial charge in [0.1, 0.15) is 5.75 Å². The maximum Gasteiger partial charge on any atom is 0.573 e. The Bertz CT molecular complexity index is 683. The van der Waals surface area contributed by atoms with E-state index in [0.717, 1.165) is 6.07 Å². The molecule has 0 saturated heterocycles. The van der Waals surface area contributed by atoms with Crippen LogP contribution in [0.25, 0.3) is 11.1 Å². The minimum Gasteiger partial charge on any atom is -0.478 e. The Morgan fingerprint density at radius 3 is 2.38 bits per heavy atom. The summed E-state index contributed by atoms with van der Waals surface area (Å²) in [4.78, 5) is 11.2. The van der Waals surface area contributed by atoms with Crippen LogP contribution in [0.5, 0.6) is 5.75 Å². The number of carboxylic acid groups (broad SMARTS) is 1. The smallest absolute Gasteiger partial charge is 0.478 e. The first-order chi connectivity index (χ1) is 9.78. The topological polar surface area (TPSA) is 72.6 Å². The van der Waals surface area contributed by atoms with Gasteiger partial charge in [-0.2, -0.15) is 0 Å². The number of hydrogen-bond acceptors (Lipinski definition) is 3. The maximum absolute atomic E-state index is 12.4. The molecule has 0 unspecified atom stereocenters. The Morgan fingerprint density at radius 2 is 1.76 bits per heavy atom. The molecule has 3 N–H and O–H groups in total. The number of ether oxygens (including phenoxy) is 1. The Hall–Kier alpha value is -2.70. The third-order valence-electron chi connectivity index (χ3n) is 2.68. The number of aromatic carboxylic acids is 1. The number of benzene rings is 2. The molecule has 0 aliphatic rings. The molecule has 0 aliphatic heterocycles. The fourth-order valence-corrected chi connectivity index (χ4v) is 1.87. The van der Waals surface area contributed by atoms with Crippen LogP contribution >= 0.6 is 0 Å². The van der Waals surface area contributed by atoms with Gasteiger partial charge in [0, 0.05) is 16.8 Å². The van der Waals surface area contributed by atoms with E-state index in [2.05, 4.69) is 4.74 Å². The third kappa shape index (κ3) is 3.44. The lowest BCUT2D eigenvalue weighted by Crippen LogP contribution is -2.17. The first-order valence-corrected chi connectivity index (χ1v) is 5.76. The van der Waals surface area contributed by atoms with Gasteiger partial charge in [-0.3, -0.25) is 0 Å². The molecule has 2 rings (SSSR count). The van der Waals surface area contributed by atoms with Crippen molar-refractivity contribution in [2.24, 2.45) is 0 Å².